The molecule has 110 valence electrons. The van der Waals surface area contributed by atoms with Gasteiger partial charge in [0.2, 0.25) is 5.52 Å². The van der Waals surface area contributed by atoms with Crippen LogP contribution in [-0.4, -0.2) is 21.0 Å². The fraction of sp³-hybridized carbons (Fsp3) is 0.0714. The van der Waals surface area contributed by atoms with Crippen molar-refractivity contribution < 1.29 is 14.3 Å². The zero-order chi connectivity index (χ0) is 15.7. The van der Waals surface area contributed by atoms with Crippen LogP contribution in [0, 0.1) is 10.1 Å². The number of Topliss-reactive ketones (excluding diaryl/α,β-unsaturated/α-hetero) is 1. The quantitative estimate of drug-likeness (QED) is 0.447. The number of hydrogen-bond donors (Lipinski definition) is 1. The highest BCUT2D eigenvalue weighted by atomic mass is 16.6. The van der Waals surface area contributed by atoms with Crippen LogP contribution in [0.5, 0.6) is 0 Å². The number of carbonyl (C=O) groups is 1. The number of nitrogens with one attached hydrogen (secondary N) is 1. The van der Waals surface area contributed by atoms with E-state index >= 15 is 0 Å². The number of rotatable bonds is 4. The van der Waals surface area contributed by atoms with Gasteiger partial charge < -0.3 is 5.32 Å². The molecule has 3 rings (SSSR count). The number of aromatic nitrogens is 2. The molecule has 0 aliphatic carbocycles. The maximum absolute atomic E-state index is 11.3. The minimum Gasteiger partial charge on any atom is -0.350 e. The Kier molecular flexibility index (Phi) is 3.26. The van der Waals surface area contributed by atoms with Gasteiger partial charge in [-0.25, -0.2) is 4.63 Å². The van der Waals surface area contributed by atoms with Crippen molar-refractivity contribution in [1.82, 2.24) is 10.3 Å². The van der Waals surface area contributed by atoms with Crippen LogP contribution >= 0.6 is 0 Å². The first-order valence-corrected chi connectivity index (χ1v) is 6.34. The van der Waals surface area contributed by atoms with E-state index in [1.165, 1.54) is 13.0 Å². The fourth-order valence-corrected chi connectivity index (χ4v) is 2.07. The molecule has 0 amide bonds. The normalized spacial score (nSPS) is 10.6. The summed E-state index contributed by atoms with van der Waals surface area (Å²) < 4.78 is 4.53. The van der Waals surface area contributed by atoms with Crippen molar-refractivity contribution in [3.05, 3.63) is 52.1 Å². The van der Waals surface area contributed by atoms with Crippen LogP contribution in [-0.2, 0) is 0 Å². The molecule has 0 atom stereocenters. The lowest BCUT2D eigenvalue weighted by Gasteiger charge is -2.07. The van der Waals surface area contributed by atoms with Crippen LogP contribution in [0.1, 0.15) is 17.3 Å². The molecular formula is C14H10N4O4. The number of ketones is 1. The predicted molar refractivity (Wildman–Crippen MR) is 78.2 cm³/mol. The summed E-state index contributed by atoms with van der Waals surface area (Å²) in [7, 11) is 0. The maximum Gasteiger partial charge on any atom is 0.323 e. The van der Waals surface area contributed by atoms with Gasteiger partial charge in [0.15, 0.2) is 5.78 Å². The van der Waals surface area contributed by atoms with Crippen LogP contribution in [0.4, 0.5) is 17.1 Å². The molecule has 2 aromatic carbocycles. The van der Waals surface area contributed by atoms with Gasteiger partial charge in [0.1, 0.15) is 11.2 Å². The van der Waals surface area contributed by atoms with Gasteiger partial charge in [-0.2, -0.15) is 0 Å². The monoisotopic (exact) mass is 298 g/mol. The van der Waals surface area contributed by atoms with Crippen molar-refractivity contribution in [2.75, 3.05) is 5.32 Å². The Bertz CT molecular complexity index is 870. The summed E-state index contributed by atoms with van der Waals surface area (Å²) in [5, 5.41) is 21.4. The van der Waals surface area contributed by atoms with Gasteiger partial charge in [-0.05, 0) is 53.6 Å². The first kappa shape index (κ1) is 13.7. The SMILES string of the molecule is CC(=O)c1ccc(Nc2ccc3nonc3c2[N+](=O)[O-])cc1. The molecule has 1 heterocycles. The van der Waals surface area contributed by atoms with Crippen molar-refractivity contribution in [3.63, 3.8) is 0 Å². The van der Waals surface area contributed by atoms with E-state index in [1.807, 2.05) is 0 Å². The molecule has 0 fully saturated rings. The standard InChI is InChI=1S/C14H10N4O4/c1-8(19)9-2-4-10(5-3-9)15-12-7-6-11-13(17-22-16-11)14(12)18(20)21/h2-7,15H,1H3. The van der Waals surface area contributed by atoms with Crippen molar-refractivity contribution in [1.29, 1.82) is 0 Å². The first-order chi connectivity index (χ1) is 10.6. The molecule has 3 aromatic rings. The van der Waals surface area contributed by atoms with Crippen LogP contribution in [0.25, 0.3) is 11.0 Å². The molecule has 8 nitrogen and oxygen atoms in total. The van der Waals surface area contributed by atoms with Crippen molar-refractivity contribution in [2.45, 2.75) is 6.92 Å². The van der Waals surface area contributed by atoms with Gasteiger partial charge in [-0.1, -0.05) is 0 Å². The molecule has 1 aromatic heterocycles. The summed E-state index contributed by atoms with van der Waals surface area (Å²) in [6, 6.07) is 9.74. The van der Waals surface area contributed by atoms with E-state index in [9.17, 15) is 14.9 Å². The lowest BCUT2D eigenvalue weighted by molar-refractivity contribution is -0.382. The summed E-state index contributed by atoms with van der Waals surface area (Å²) in [6.45, 7) is 1.47. The van der Waals surface area contributed by atoms with Gasteiger partial charge in [0.05, 0.1) is 4.92 Å². The smallest absolute Gasteiger partial charge is 0.323 e. The maximum atomic E-state index is 11.3. The Hall–Kier alpha value is -3.29. The second kappa shape index (κ2) is 5.24. The lowest BCUT2D eigenvalue weighted by atomic mass is 10.1. The van der Waals surface area contributed by atoms with Crippen molar-refractivity contribution in [3.8, 4) is 0 Å². The van der Waals surface area contributed by atoms with Crippen LogP contribution < -0.4 is 5.32 Å². The molecule has 0 aliphatic heterocycles. The van der Waals surface area contributed by atoms with Gasteiger partial charge in [-0.3, -0.25) is 14.9 Å². The highest BCUT2D eigenvalue weighted by Crippen LogP contribution is 2.33. The summed E-state index contributed by atoms with van der Waals surface area (Å²) in [5.41, 5.74) is 1.62. The average molecular weight is 298 g/mol. The van der Waals surface area contributed by atoms with Gasteiger partial charge in [0, 0.05) is 11.3 Å². The number of nitro groups is 1. The Morgan fingerprint density at radius 1 is 1.18 bits per heavy atom. The third-order valence-corrected chi connectivity index (χ3v) is 3.15. The van der Waals surface area contributed by atoms with Gasteiger partial charge >= 0.3 is 5.69 Å². The molecule has 0 saturated carbocycles. The minimum absolute atomic E-state index is 0.0485. The largest absolute Gasteiger partial charge is 0.350 e. The number of fused-ring (bicyclic) bond motifs is 1. The number of benzene rings is 2. The molecule has 22 heavy (non-hydrogen) atoms. The second-order valence-electron chi connectivity index (χ2n) is 4.61. The van der Waals surface area contributed by atoms with E-state index in [0.717, 1.165) is 0 Å². The summed E-state index contributed by atoms with van der Waals surface area (Å²) in [6.07, 6.45) is 0. The Morgan fingerprint density at radius 3 is 2.55 bits per heavy atom. The molecule has 0 spiro atoms. The van der Waals surface area contributed by atoms with E-state index in [-0.39, 0.29) is 22.7 Å². The number of nitro benzene ring substituents is 1. The van der Waals surface area contributed by atoms with Crippen LogP contribution in [0.2, 0.25) is 0 Å². The third-order valence-electron chi connectivity index (χ3n) is 3.15. The van der Waals surface area contributed by atoms with Crippen molar-refractivity contribution in [2.24, 2.45) is 0 Å². The highest BCUT2D eigenvalue weighted by Gasteiger charge is 2.22. The summed E-state index contributed by atoms with van der Waals surface area (Å²) in [4.78, 5) is 22.0. The molecule has 0 saturated heterocycles. The topological polar surface area (TPSA) is 111 Å². The minimum atomic E-state index is -0.543. The molecule has 8 heteroatoms. The van der Waals surface area contributed by atoms with E-state index < -0.39 is 4.92 Å². The van der Waals surface area contributed by atoms with E-state index in [4.69, 9.17) is 0 Å². The molecule has 0 bridgehead atoms. The molecule has 1 N–H and O–H groups in total. The Labute approximate surface area is 123 Å². The molecule has 0 unspecified atom stereocenters. The predicted octanol–water partition coefficient (Wildman–Crippen LogP) is 3.08. The van der Waals surface area contributed by atoms with Gasteiger partial charge in [-0.15, -0.1) is 0 Å². The zero-order valence-electron chi connectivity index (χ0n) is 11.4. The average Bonchev–Trinajstić information content (AvgIpc) is 2.95. The van der Waals surface area contributed by atoms with Crippen molar-refractivity contribution >= 4 is 33.9 Å². The van der Waals surface area contributed by atoms with Gasteiger partial charge in [0.25, 0.3) is 0 Å². The second-order valence-corrected chi connectivity index (χ2v) is 4.61. The van der Waals surface area contributed by atoms with E-state index in [0.29, 0.717) is 16.8 Å². The number of hydrogen-bond acceptors (Lipinski definition) is 7. The van der Waals surface area contributed by atoms with Crippen LogP contribution in [0.15, 0.2) is 41.0 Å². The Balaban J connectivity index is 2.01. The number of anilines is 2. The zero-order valence-corrected chi connectivity index (χ0v) is 11.4. The third kappa shape index (κ3) is 2.37. The fourth-order valence-electron chi connectivity index (χ4n) is 2.07. The lowest BCUT2D eigenvalue weighted by Crippen LogP contribution is -1.99. The first-order valence-electron chi connectivity index (χ1n) is 6.34. The van der Waals surface area contributed by atoms with E-state index in [2.05, 4.69) is 20.3 Å². The van der Waals surface area contributed by atoms with E-state index in [1.54, 1.807) is 30.3 Å². The Morgan fingerprint density at radius 2 is 1.91 bits per heavy atom. The summed E-state index contributed by atoms with van der Waals surface area (Å²) in [5.74, 6) is -0.0485. The molecule has 0 radical (unpaired) electrons. The number of nitrogens with zero attached hydrogens (tertiary/aromatic N) is 3. The highest BCUT2D eigenvalue weighted by molar-refractivity contribution is 5.95. The summed E-state index contributed by atoms with van der Waals surface area (Å²) >= 11 is 0. The molecule has 0 aliphatic rings. The molecular weight excluding hydrogens is 288 g/mol. The number of carbonyl (C=O) groups excluding carboxylic acids is 1. The van der Waals surface area contributed by atoms with Crippen LogP contribution in [0.3, 0.4) is 0 Å².